The van der Waals surface area contributed by atoms with Gasteiger partial charge in [0, 0.05) is 12.6 Å². The van der Waals surface area contributed by atoms with E-state index >= 15 is 0 Å². The maximum atomic E-state index is 11.1. The van der Waals surface area contributed by atoms with Crippen LogP contribution in [0.4, 0.5) is 0 Å². The zero-order valence-electron chi connectivity index (χ0n) is 7.80. The number of hydrogen-bond acceptors (Lipinski definition) is 3. The molecule has 3 heteroatoms. The predicted molar refractivity (Wildman–Crippen MR) is 46.8 cm³/mol. The summed E-state index contributed by atoms with van der Waals surface area (Å²) >= 11 is 0. The van der Waals surface area contributed by atoms with Crippen molar-refractivity contribution in [1.29, 1.82) is 0 Å². The molecule has 1 atom stereocenters. The third-order valence-corrected chi connectivity index (χ3v) is 1.98. The van der Waals surface area contributed by atoms with Gasteiger partial charge in [0.1, 0.15) is 0 Å². The molecule has 1 rings (SSSR count). The average Bonchev–Trinajstić information content (AvgIpc) is 2.83. The Labute approximate surface area is 73.5 Å². The second-order valence-corrected chi connectivity index (χ2v) is 3.34. The summed E-state index contributed by atoms with van der Waals surface area (Å²) in [7, 11) is 0. The zero-order chi connectivity index (χ0) is 8.97. The fourth-order valence-electron chi connectivity index (χ4n) is 0.999. The smallest absolute Gasteiger partial charge is 0.309 e. The Morgan fingerprint density at radius 3 is 2.83 bits per heavy atom. The molecule has 0 amide bonds. The molecule has 1 aliphatic rings. The van der Waals surface area contributed by atoms with Crippen molar-refractivity contribution in [2.45, 2.75) is 32.7 Å². The summed E-state index contributed by atoms with van der Waals surface area (Å²) in [6.45, 7) is 4.96. The van der Waals surface area contributed by atoms with Gasteiger partial charge in [-0.2, -0.15) is 0 Å². The van der Waals surface area contributed by atoms with Gasteiger partial charge in [0.05, 0.1) is 12.5 Å². The topological polar surface area (TPSA) is 38.3 Å². The molecule has 0 aromatic carbocycles. The molecule has 0 aromatic rings. The molecule has 1 fully saturated rings. The quantitative estimate of drug-likeness (QED) is 0.625. The van der Waals surface area contributed by atoms with E-state index in [0.717, 1.165) is 6.54 Å². The molecule has 1 N–H and O–H groups in total. The Morgan fingerprint density at radius 2 is 2.33 bits per heavy atom. The maximum absolute atomic E-state index is 11.1. The normalized spacial score (nSPS) is 18.8. The minimum Gasteiger partial charge on any atom is -0.466 e. The second kappa shape index (κ2) is 4.45. The van der Waals surface area contributed by atoms with E-state index in [1.807, 2.05) is 13.8 Å². The first kappa shape index (κ1) is 9.52. The van der Waals surface area contributed by atoms with Gasteiger partial charge >= 0.3 is 5.97 Å². The summed E-state index contributed by atoms with van der Waals surface area (Å²) in [6, 6.07) is 0.668. The van der Waals surface area contributed by atoms with E-state index < -0.39 is 0 Å². The highest BCUT2D eigenvalue weighted by Gasteiger charge is 2.22. The lowest BCUT2D eigenvalue weighted by atomic mass is 10.2. The van der Waals surface area contributed by atoms with E-state index in [1.54, 1.807) is 0 Å². The largest absolute Gasteiger partial charge is 0.466 e. The fraction of sp³-hybridized carbons (Fsp3) is 0.889. The van der Waals surface area contributed by atoms with Gasteiger partial charge in [-0.3, -0.25) is 4.79 Å². The van der Waals surface area contributed by atoms with E-state index in [4.69, 9.17) is 4.74 Å². The minimum absolute atomic E-state index is 0.00875. The number of esters is 1. The van der Waals surface area contributed by atoms with Crippen LogP contribution in [0.25, 0.3) is 0 Å². The summed E-state index contributed by atoms with van der Waals surface area (Å²) in [6.07, 6.45) is 2.52. The number of carbonyl (C=O) groups excluding carboxylic acids is 1. The lowest BCUT2D eigenvalue weighted by molar-refractivity contribution is -0.147. The Morgan fingerprint density at radius 1 is 1.67 bits per heavy atom. The molecule has 0 saturated heterocycles. The molecule has 0 aromatic heterocycles. The van der Waals surface area contributed by atoms with Crippen LogP contribution in [0.15, 0.2) is 0 Å². The Hall–Kier alpha value is -0.570. The molecule has 1 unspecified atom stereocenters. The number of nitrogens with one attached hydrogen (secondary N) is 1. The number of carbonyl (C=O) groups is 1. The highest BCUT2D eigenvalue weighted by molar-refractivity contribution is 5.72. The van der Waals surface area contributed by atoms with Crippen molar-refractivity contribution in [3.8, 4) is 0 Å². The van der Waals surface area contributed by atoms with Gasteiger partial charge in [0.15, 0.2) is 0 Å². The molecule has 0 aliphatic heterocycles. The third kappa shape index (κ3) is 3.22. The molecule has 0 radical (unpaired) electrons. The molecule has 12 heavy (non-hydrogen) atoms. The highest BCUT2D eigenvalue weighted by Crippen LogP contribution is 2.18. The van der Waals surface area contributed by atoms with E-state index in [1.165, 1.54) is 12.8 Å². The van der Waals surface area contributed by atoms with E-state index in [0.29, 0.717) is 12.6 Å². The number of rotatable bonds is 5. The predicted octanol–water partition coefficient (Wildman–Crippen LogP) is 0.938. The summed E-state index contributed by atoms with van der Waals surface area (Å²) in [4.78, 5) is 11.1. The van der Waals surface area contributed by atoms with Crippen molar-refractivity contribution < 1.29 is 9.53 Å². The van der Waals surface area contributed by atoms with Crippen molar-refractivity contribution in [2.75, 3.05) is 13.2 Å². The molecular weight excluding hydrogens is 154 g/mol. The van der Waals surface area contributed by atoms with Gasteiger partial charge in [-0.15, -0.1) is 0 Å². The molecule has 0 heterocycles. The van der Waals surface area contributed by atoms with Crippen LogP contribution in [0.3, 0.4) is 0 Å². The van der Waals surface area contributed by atoms with E-state index in [-0.39, 0.29) is 11.9 Å². The first-order chi connectivity index (χ1) is 5.74. The monoisotopic (exact) mass is 171 g/mol. The van der Waals surface area contributed by atoms with Crippen LogP contribution in [0.2, 0.25) is 0 Å². The average molecular weight is 171 g/mol. The highest BCUT2D eigenvalue weighted by atomic mass is 16.5. The van der Waals surface area contributed by atoms with Crippen molar-refractivity contribution in [1.82, 2.24) is 5.32 Å². The maximum Gasteiger partial charge on any atom is 0.309 e. The molecule has 3 nitrogen and oxygen atoms in total. The first-order valence-corrected chi connectivity index (χ1v) is 4.64. The van der Waals surface area contributed by atoms with Crippen LogP contribution in [0.1, 0.15) is 26.7 Å². The third-order valence-electron chi connectivity index (χ3n) is 1.98. The fourth-order valence-corrected chi connectivity index (χ4v) is 0.999. The van der Waals surface area contributed by atoms with Crippen LogP contribution < -0.4 is 5.32 Å². The van der Waals surface area contributed by atoms with Gasteiger partial charge in [-0.1, -0.05) is 6.92 Å². The number of hydrogen-bond donors (Lipinski definition) is 1. The molecule has 0 bridgehead atoms. The first-order valence-electron chi connectivity index (χ1n) is 4.64. The summed E-state index contributed by atoms with van der Waals surface area (Å²) in [5.41, 5.74) is 0. The van der Waals surface area contributed by atoms with Gasteiger partial charge < -0.3 is 10.1 Å². The van der Waals surface area contributed by atoms with E-state index in [9.17, 15) is 4.79 Å². The molecule has 1 saturated carbocycles. The lowest BCUT2D eigenvalue weighted by Gasteiger charge is -2.10. The van der Waals surface area contributed by atoms with Crippen LogP contribution in [0, 0.1) is 5.92 Å². The second-order valence-electron chi connectivity index (χ2n) is 3.34. The van der Waals surface area contributed by atoms with Crippen molar-refractivity contribution in [3.05, 3.63) is 0 Å². The van der Waals surface area contributed by atoms with Crippen molar-refractivity contribution >= 4 is 5.97 Å². The number of ether oxygens (including phenoxy) is 1. The zero-order valence-corrected chi connectivity index (χ0v) is 7.80. The Balaban J connectivity index is 2.07. The van der Waals surface area contributed by atoms with Gasteiger partial charge in [-0.25, -0.2) is 0 Å². The van der Waals surface area contributed by atoms with Crippen LogP contribution in [-0.2, 0) is 9.53 Å². The van der Waals surface area contributed by atoms with Crippen molar-refractivity contribution in [3.63, 3.8) is 0 Å². The standard InChI is InChI=1S/C9H17NO2/c1-3-12-9(11)7(2)6-10-8-4-5-8/h7-8,10H,3-6H2,1-2H3. The Bertz CT molecular complexity index is 155. The van der Waals surface area contributed by atoms with Gasteiger partial charge in [-0.05, 0) is 19.8 Å². The van der Waals surface area contributed by atoms with Crippen LogP contribution >= 0.6 is 0 Å². The van der Waals surface area contributed by atoms with E-state index in [2.05, 4.69) is 5.32 Å². The molecule has 70 valence electrons. The lowest BCUT2D eigenvalue weighted by Crippen LogP contribution is -2.29. The Kier molecular flexibility index (Phi) is 3.53. The van der Waals surface area contributed by atoms with Gasteiger partial charge in [0.25, 0.3) is 0 Å². The van der Waals surface area contributed by atoms with Gasteiger partial charge in [0.2, 0.25) is 0 Å². The minimum atomic E-state index is -0.0920. The molecule has 1 aliphatic carbocycles. The SMILES string of the molecule is CCOC(=O)C(C)CNC1CC1. The summed E-state index contributed by atoms with van der Waals surface area (Å²) in [5, 5.41) is 3.29. The van der Waals surface area contributed by atoms with Crippen LogP contribution in [0.5, 0.6) is 0 Å². The summed E-state index contributed by atoms with van der Waals surface area (Å²) in [5.74, 6) is -0.101. The summed E-state index contributed by atoms with van der Waals surface area (Å²) < 4.78 is 4.88. The van der Waals surface area contributed by atoms with Crippen LogP contribution in [-0.4, -0.2) is 25.2 Å². The molecule has 0 spiro atoms. The molecular formula is C9H17NO2. The van der Waals surface area contributed by atoms with Crippen molar-refractivity contribution in [2.24, 2.45) is 5.92 Å².